The molecule has 1 nitrogen and oxygen atoms in total. The number of allylic oxidation sites excluding steroid dienone is 1. The summed E-state index contributed by atoms with van der Waals surface area (Å²) in [6.07, 6.45) is -0.969. The van der Waals surface area contributed by atoms with E-state index in [2.05, 4.69) is 0 Å². The molecular weight excluding hydrogens is 196 g/mol. The highest BCUT2D eigenvalue weighted by Gasteiger charge is 2.17. The summed E-state index contributed by atoms with van der Waals surface area (Å²) in [6, 6.07) is 6.73. The molecule has 0 aliphatic carbocycles. The number of hydrogen-bond acceptors (Lipinski definition) is 1. The highest BCUT2D eigenvalue weighted by Crippen LogP contribution is 2.33. The number of benzene rings is 1. The molecule has 0 radical (unpaired) electrons. The first kappa shape index (κ1) is 11.7. The molecule has 1 aromatic carbocycles. The summed E-state index contributed by atoms with van der Waals surface area (Å²) in [4.78, 5) is 0. The summed E-state index contributed by atoms with van der Waals surface area (Å²) in [5.41, 5.74) is 6.60. The molecule has 3 heteroatoms. The Kier molecular flexibility index (Phi) is 3.83. The number of nitrogens with two attached hydrogens (primary N) is 1. The molecule has 1 atom stereocenters. The van der Waals surface area contributed by atoms with E-state index in [1.165, 1.54) is 0 Å². The molecule has 0 aromatic heterocycles. The molecule has 15 heavy (non-hydrogen) atoms. The SMILES string of the molecule is CCC(C)C(=C(F)F)c1ccccc1N. The first-order valence-electron chi connectivity index (χ1n) is 4.98. The van der Waals surface area contributed by atoms with E-state index >= 15 is 0 Å². The first-order valence-corrected chi connectivity index (χ1v) is 4.98. The fourth-order valence-electron chi connectivity index (χ4n) is 1.50. The summed E-state index contributed by atoms with van der Waals surface area (Å²) in [5.74, 6) is -0.181. The Bertz CT molecular complexity index is 368. The van der Waals surface area contributed by atoms with E-state index < -0.39 is 6.08 Å². The largest absolute Gasteiger partial charge is 0.398 e. The molecule has 0 amide bonds. The molecule has 0 heterocycles. The van der Waals surface area contributed by atoms with Crippen molar-refractivity contribution in [1.29, 1.82) is 0 Å². The minimum atomic E-state index is -1.64. The maximum absolute atomic E-state index is 12.8. The highest BCUT2D eigenvalue weighted by molar-refractivity contribution is 5.76. The molecule has 0 fully saturated rings. The van der Waals surface area contributed by atoms with Crippen molar-refractivity contribution >= 4 is 11.3 Å². The Hall–Kier alpha value is -1.38. The van der Waals surface area contributed by atoms with E-state index in [4.69, 9.17) is 5.73 Å². The van der Waals surface area contributed by atoms with Crippen molar-refractivity contribution in [1.82, 2.24) is 0 Å². The van der Waals surface area contributed by atoms with Gasteiger partial charge in [0.2, 0.25) is 0 Å². The van der Waals surface area contributed by atoms with Crippen LogP contribution in [-0.2, 0) is 0 Å². The van der Waals surface area contributed by atoms with Crippen LogP contribution < -0.4 is 5.73 Å². The smallest absolute Gasteiger partial charge is 0.274 e. The minimum absolute atomic E-state index is 0.0654. The van der Waals surface area contributed by atoms with Gasteiger partial charge in [0, 0.05) is 16.8 Å². The summed E-state index contributed by atoms with van der Waals surface area (Å²) in [5, 5.41) is 0. The van der Waals surface area contributed by atoms with E-state index in [0.29, 0.717) is 17.7 Å². The standard InChI is InChI=1S/C12H15F2N/c1-3-8(2)11(12(13)14)9-6-4-5-7-10(9)15/h4-8H,3,15H2,1-2H3. The van der Waals surface area contributed by atoms with Gasteiger partial charge in [-0.2, -0.15) is 8.78 Å². The first-order chi connectivity index (χ1) is 7.07. The number of anilines is 1. The normalized spacial score (nSPS) is 12.3. The van der Waals surface area contributed by atoms with Crippen LogP contribution in [0.15, 0.2) is 30.3 Å². The zero-order valence-electron chi connectivity index (χ0n) is 8.93. The van der Waals surface area contributed by atoms with Crippen LogP contribution in [-0.4, -0.2) is 0 Å². The molecule has 1 rings (SSSR count). The molecule has 0 aliphatic heterocycles. The van der Waals surface area contributed by atoms with Crippen LogP contribution in [0, 0.1) is 5.92 Å². The Labute approximate surface area is 88.6 Å². The van der Waals surface area contributed by atoms with E-state index in [-0.39, 0.29) is 11.5 Å². The van der Waals surface area contributed by atoms with Crippen molar-refractivity contribution < 1.29 is 8.78 Å². The third kappa shape index (κ3) is 2.55. The third-order valence-corrected chi connectivity index (χ3v) is 2.56. The van der Waals surface area contributed by atoms with Crippen molar-refractivity contribution in [2.45, 2.75) is 20.3 Å². The Morgan fingerprint density at radius 1 is 1.33 bits per heavy atom. The number of rotatable bonds is 3. The van der Waals surface area contributed by atoms with Crippen LogP contribution in [0.2, 0.25) is 0 Å². The second-order valence-electron chi connectivity index (χ2n) is 3.57. The van der Waals surface area contributed by atoms with Crippen LogP contribution >= 0.6 is 0 Å². The lowest BCUT2D eigenvalue weighted by molar-refractivity contribution is 0.417. The average molecular weight is 211 g/mol. The van der Waals surface area contributed by atoms with Crippen molar-refractivity contribution in [3.8, 4) is 0 Å². The van der Waals surface area contributed by atoms with Gasteiger partial charge >= 0.3 is 0 Å². The molecule has 2 N–H and O–H groups in total. The van der Waals surface area contributed by atoms with Gasteiger partial charge in [-0.05, 0) is 18.4 Å². The van der Waals surface area contributed by atoms with Crippen LogP contribution in [0.4, 0.5) is 14.5 Å². The van der Waals surface area contributed by atoms with Crippen molar-refractivity contribution in [3.63, 3.8) is 0 Å². The van der Waals surface area contributed by atoms with Gasteiger partial charge in [-0.3, -0.25) is 0 Å². The monoisotopic (exact) mass is 211 g/mol. The van der Waals surface area contributed by atoms with Crippen LogP contribution in [0.3, 0.4) is 0 Å². The zero-order chi connectivity index (χ0) is 11.4. The number of nitrogen functional groups attached to an aromatic ring is 1. The van der Waals surface area contributed by atoms with E-state index in [9.17, 15) is 8.78 Å². The average Bonchev–Trinajstić information content (AvgIpc) is 2.20. The summed E-state index contributed by atoms with van der Waals surface area (Å²) in [7, 11) is 0. The van der Waals surface area contributed by atoms with E-state index in [1.54, 1.807) is 31.2 Å². The minimum Gasteiger partial charge on any atom is -0.398 e. The Morgan fingerprint density at radius 2 is 1.93 bits per heavy atom. The molecule has 0 spiro atoms. The summed E-state index contributed by atoms with van der Waals surface area (Å²) in [6.45, 7) is 3.66. The van der Waals surface area contributed by atoms with Crippen molar-refractivity contribution in [3.05, 3.63) is 35.9 Å². The van der Waals surface area contributed by atoms with Gasteiger partial charge < -0.3 is 5.73 Å². The van der Waals surface area contributed by atoms with Gasteiger partial charge in [0.25, 0.3) is 6.08 Å². The Morgan fingerprint density at radius 3 is 2.40 bits per heavy atom. The van der Waals surface area contributed by atoms with Crippen LogP contribution in [0.5, 0.6) is 0 Å². The number of para-hydroxylation sites is 1. The molecule has 82 valence electrons. The second-order valence-corrected chi connectivity index (χ2v) is 3.57. The fraction of sp³-hybridized carbons (Fsp3) is 0.333. The third-order valence-electron chi connectivity index (χ3n) is 2.56. The maximum atomic E-state index is 12.8. The number of hydrogen-bond donors (Lipinski definition) is 1. The van der Waals surface area contributed by atoms with E-state index in [0.717, 1.165) is 0 Å². The predicted molar refractivity (Wildman–Crippen MR) is 59.4 cm³/mol. The molecule has 0 saturated carbocycles. The van der Waals surface area contributed by atoms with Gasteiger partial charge in [-0.15, -0.1) is 0 Å². The lowest BCUT2D eigenvalue weighted by Crippen LogP contribution is -2.02. The zero-order valence-corrected chi connectivity index (χ0v) is 8.93. The van der Waals surface area contributed by atoms with Crippen LogP contribution in [0.1, 0.15) is 25.8 Å². The van der Waals surface area contributed by atoms with E-state index in [1.807, 2.05) is 6.92 Å². The Balaban J connectivity index is 3.24. The molecule has 1 aromatic rings. The molecule has 0 saturated heterocycles. The molecule has 0 aliphatic rings. The predicted octanol–water partition coefficient (Wildman–Crippen LogP) is 3.92. The number of halogens is 2. The fourth-order valence-corrected chi connectivity index (χ4v) is 1.50. The topological polar surface area (TPSA) is 26.0 Å². The summed E-state index contributed by atoms with van der Waals surface area (Å²) >= 11 is 0. The molecule has 1 unspecified atom stereocenters. The van der Waals surface area contributed by atoms with Gasteiger partial charge in [-0.25, -0.2) is 0 Å². The second kappa shape index (κ2) is 4.91. The van der Waals surface area contributed by atoms with Gasteiger partial charge in [-0.1, -0.05) is 32.0 Å². The maximum Gasteiger partial charge on any atom is 0.274 e. The molecule has 0 bridgehead atoms. The van der Waals surface area contributed by atoms with Crippen LogP contribution in [0.25, 0.3) is 5.57 Å². The van der Waals surface area contributed by atoms with Crippen molar-refractivity contribution in [2.75, 3.05) is 5.73 Å². The van der Waals surface area contributed by atoms with Gasteiger partial charge in [0.05, 0.1) is 0 Å². The lowest BCUT2D eigenvalue weighted by atomic mass is 9.92. The lowest BCUT2D eigenvalue weighted by Gasteiger charge is -2.14. The van der Waals surface area contributed by atoms with Gasteiger partial charge in [0.1, 0.15) is 0 Å². The summed E-state index contributed by atoms with van der Waals surface area (Å²) < 4.78 is 25.7. The highest BCUT2D eigenvalue weighted by atomic mass is 19.3. The quantitative estimate of drug-likeness (QED) is 0.753. The van der Waals surface area contributed by atoms with Gasteiger partial charge in [0.15, 0.2) is 0 Å². The van der Waals surface area contributed by atoms with Crippen molar-refractivity contribution in [2.24, 2.45) is 5.92 Å². The molecular formula is C12H15F2N.